The molecule has 9 heteroatoms. The van der Waals surface area contributed by atoms with Gasteiger partial charge in [-0.3, -0.25) is 0 Å². The molecule has 0 spiro atoms. The van der Waals surface area contributed by atoms with E-state index in [0.717, 1.165) is 46.3 Å². The lowest BCUT2D eigenvalue weighted by Crippen LogP contribution is -2.29. The van der Waals surface area contributed by atoms with Gasteiger partial charge >= 0.3 is 0 Å². The molecule has 0 unspecified atom stereocenters. The van der Waals surface area contributed by atoms with Gasteiger partial charge in [0, 0.05) is 11.6 Å². The van der Waals surface area contributed by atoms with Crippen molar-refractivity contribution < 1.29 is 14.9 Å². The Morgan fingerprint density at radius 2 is 2.06 bits per heavy atom. The molecule has 9 nitrogen and oxygen atoms in total. The quantitative estimate of drug-likeness (QED) is 0.366. The third-order valence-electron chi connectivity index (χ3n) is 7.19. The lowest BCUT2D eigenvalue weighted by molar-refractivity contribution is 0.00545. The largest absolute Gasteiger partial charge is 0.488 e. The summed E-state index contributed by atoms with van der Waals surface area (Å²) in [7, 11) is 0. The van der Waals surface area contributed by atoms with Crippen LogP contribution in [0, 0.1) is 5.92 Å². The highest BCUT2D eigenvalue weighted by Gasteiger charge is 2.42. The minimum Gasteiger partial charge on any atom is -0.488 e. The topological polar surface area (TPSA) is 131 Å². The van der Waals surface area contributed by atoms with E-state index in [1.165, 1.54) is 6.33 Å². The van der Waals surface area contributed by atoms with Crippen LogP contribution in [-0.2, 0) is 6.42 Å². The van der Waals surface area contributed by atoms with Gasteiger partial charge in [-0.25, -0.2) is 15.0 Å². The maximum Gasteiger partial charge on any atom is 0.169 e. The number of aliphatic hydroxyl groups excluding tert-OH is 2. The molecule has 5 atom stereocenters. The summed E-state index contributed by atoms with van der Waals surface area (Å²) in [6.07, 6.45) is 3.85. The number of aromatic nitrogens is 4. The SMILES string of the molecule is C[C@@H]1COc2cc3ccc(CC[C@H]4C[C@@H](n5ccc6c(N)ncnc65)[C@H](O)[C@@H]4O)cc3nc2N1. The fraction of sp³-hybridized carbons (Fsp3) is 0.400. The number of nitrogens with two attached hydrogens (primary N) is 1. The lowest BCUT2D eigenvalue weighted by Gasteiger charge is -2.24. The second-order valence-electron chi connectivity index (χ2n) is 9.52. The van der Waals surface area contributed by atoms with Crippen molar-refractivity contribution in [3.8, 4) is 5.75 Å². The number of nitrogen functional groups attached to an aromatic ring is 1. The summed E-state index contributed by atoms with van der Waals surface area (Å²) in [6, 6.07) is 10.1. The van der Waals surface area contributed by atoms with Crippen molar-refractivity contribution in [3.05, 3.63) is 48.4 Å². The number of anilines is 2. The van der Waals surface area contributed by atoms with Gasteiger partial charge in [-0.1, -0.05) is 12.1 Å². The molecule has 34 heavy (non-hydrogen) atoms. The predicted octanol–water partition coefficient (Wildman–Crippen LogP) is 2.67. The van der Waals surface area contributed by atoms with E-state index < -0.39 is 12.2 Å². The van der Waals surface area contributed by atoms with E-state index in [2.05, 4.69) is 40.4 Å². The molecule has 3 aromatic heterocycles. The van der Waals surface area contributed by atoms with Crippen LogP contribution in [0.5, 0.6) is 5.75 Å². The van der Waals surface area contributed by atoms with E-state index in [-0.39, 0.29) is 18.0 Å². The van der Waals surface area contributed by atoms with Gasteiger partial charge < -0.3 is 30.6 Å². The monoisotopic (exact) mass is 460 g/mol. The van der Waals surface area contributed by atoms with Crippen LogP contribution in [0.1, 0.15) is 31.4 Å². The Kier molecular flexibility index (Phi) is 5.04. The fourth-order valence-corrected chi connectivity index (χ4v) is 5.32. The van der Waals surface area contributed by atoms with Crippen molar-refractivity contribution >= 4 is 33.6 Å². The summed E-state index contributed by atoms with van der Waals surface area (Å²) in [5, 5.41) is 26.8. The van der Waals surface area contributed by atoms with Crippen LogP contribution in [-0.4, -0.2) is 54.6 Å². The molecule has 1 aromatic carbocycles. The van der Waals surface area contributed by atoms with E-state index in [4.69, 9.17) is 15.5 Å². The first-order valence-electron chi connectivity index (χ1n) is 11.7. The number of nitrogens with one attached hydrogen (secondary N) is 1. The molecule has 4 heterocycles. The van der Waals surface area contributed by atoms with Crippen molar-refractivity contribution in [1.82, 2.24) is 19.5 Å². The van der Waals surface area contributed by atoms with Gasteiger partial charge in [-0.05, 0) is 55.9 Å². The number of pyridine rings is 1. The number of hydrogen-bond acceptors (Lipinski definition) is 8. The lowest BCUT2D eigenvalue weighted by atomic mass is 9.95. The molecule has 1 saturated carbocycles. The Balaban J connectivity index is 1.19. The molecular formula is C25H28N6O3. The first-order chi connectivity index (χ1) is 16.5. The van der Waals surface area contributed by atoms with Crippen LogP contribution in [0.15, 0.2) is 42.9 Å². The molecule has 1 aliphatic carbocycles. The van der Waals surface area contributed by atoms with Gasteiger partial charge in [-0.15, -0.1) is 0 Å². The van der Waals surface area contributed by atoms with Crippen LogP contribution < -0.4 is 15.8 Å². The molecule has 1 fully saturated rings. The molecule has 4 aromatic rings. The Morgan fingerprint density at radius 1 is 1.18 bits per heavy atom. The minimum absolute atomic E-state index is 0.0280. The number of rotatable bonds is 4. The molecular weight excluding hydrogens is 432 g/mol. The fourth-order valence-electron chi connectivity index (χ4n) is 5.32. The highest BCUT2D eigenvalue weighted by molar-refractivity contribution is 5.86. The maximum absolute atomic E-state index is 10.8. The summed E-state index contributed by atoms with van der Waals surface area (Å²) < 4.78 is 7.71. The normalized spacial score (nSPS) is 26.4. The number of hydrogen-bond donors (Lipinski definition) is 4. The first-order valence-corrected chi connectivity index (χ1v) is 11.7. The van der Waals surface area contributed by atoms with E-state index in [1.54, 1.807) is 0 Å². The minimum atomic E-state index is -0.866. The smallest absolute Gasteiger partial charge is 0.169 e. The van der Waals surface area contributed by atoms with E-state index in [9.17, 15) is 10.2 Å². The Labute approximate surface area is 196 Å². The number of nitrogens with zero attached hydrogens (tertiary/aromatic N) is 4. The van der Waals surface area contributed by atoms with E-state index in [1.807, 2.05) is 22.9 Å². The molecule has 176 valence electrons. The average Bonchev–Trinajstić information content (AvgIpc) is 3.38. The summed E-state index contributed by atoms with van der Waals surface area (Å²) in [5.41, 5.74) is 8.72. The third kappa shape index (κ3) is 3.52. The second kappa shape index (κ2) is 8.11. The zero-order chi connectivity index (χ0) is 23.4. The Morgan fingerprint density at radius 3 is 2.94 bits per heavy atom. The van der Waals surface area contributed by atoms with Gasteiger partial charge in [0.25, 0.3) is 0 Å². The standard InChI is InChI=1S/C25H28N6O3/c1-13-11-34-20-10-15-4-2-14(8-18(15)30-24(20)29-13)3-5-16-9-19(22(33)21(16)32)31-7-6-17-23(26)27-12-28-25(17)31/h2,4,6-8,10,12-13,16,19,21-22,32-33H,3,5,9,11H2,1H3,(H,29,30)(H2,26,27,28)/t13-,16+,19-,21-,22+/m1/s1. The van der Waals surface area contributed by atoms with E-state index >= 15 is 0 Å². The van der Waals surface area contributed by atoms with Crippen LogP contribution >= 0.6 is 0 Å². The summed E-state index contributed by atoms with van der Waals surface area (Å²) in [4.78, 5) is 13.1. The maximum atomic E-state index is 10.8. The molecule has 0 amide bonds. The number of fused-ring (bicyclic) bond motifs is 3. The molecule has 0 saturated heterocycles. The van der Waals surface area contributed by atoms with Crippen LogP contribution in [0.4, 0.5) is 11.6 Å². The Bertz CT molecular complexity index is 1370. The number of aryl methyl sites for hydroxylation is 1. The third-order valence-corrected chi connectivity index (χ3v) is 7.19. The van der Waals surface area contributed by atoms with Crippen molar-refractivity contribution in [1.29, 1.82) is 0 Å². The molecule has 2 aliphatic rings. The van der Waals surface area contributed by atoms with Gasteiger partial charge in [-0.2, -0.15) is 0 Å². The molecule has 5 N–H and O–H groups in total. The van der Waals surface area contributed by atoms with Gasteiger partial charge in [0.05, 0.1) is 29.1 Å². The predicted molar refractivity (Wildman–Crippen MR) is 130 cm³/mol. The highest BCUT2D eigenvalue weighted by atomic mass is 16.5. The first kappa shape index (κ1) is 21.1. The highest BCUT2D eigenvalue weighted by Crippen LogP contribution is 2.40. The zero-order valence-electron chi connectivity index (χ0n) is 18.9. The Hall–Kier alpha value is -3.43. The number of benzene rings is 1. The van der Waals surface area contributed by atoms with Crippen LogP contribution in [0.3, 0.4) is 0 Å². The second-order valence-corrected chi connectivity index (χ2v) is 9.52. The summed E-state index contributed by atoms with van der Waals surface area (Å²) in [6.45, 7) is 2.70. The van der Waals surface area contributed by atoms with Gasteiger partial charge in [0.1, 0.15) is 30.5 Å². The van der Waals surface area contributed by atoms with Gasteiger partial charge in [0.15, 0.2) is 11.6 Å². The van der Waals surface area contributed by atoms with E-state index in [0.29, 0.717) is 24.5 Å². The van der Waals surface area contributed by atoms with Crippen molar-refractivity contribution in [2.24, 2.45) is 5.92 Å². The van der Waals surface area contributed by atoms with Crippen molar-refractivity contribution in [2.45, 2.75) is 50.5 Å². The van der Waals surface area contributed by atoms with Gasteiger partial charge in [0.2, 0.25) is 0 Å². The molecule has 6 rings (SSSR count). The van der Waals surface area contributed by atoms with Crippen molar-refractivity contribution in [3.63, 3.8) is 0 Å². The van der Waals surface area contributed by atoms with Crippen molar-refractivity contribution in [2.75, 3.05) is 17.7 Å². The average molecular weight is 461 g/mol. The number of ether oxygens (including phenoxy) is 1. The number of aliphatic hydroxyl groups is 2. The zero-order valence-corrected chi connectivity index (χ0v) is 18.9. The summed E-state index contributed by atoms with van der Waals surface area (Å²) >= 11 is 0. The molecule has 0 radical (unpaired) electrons. The molecule has 0 bridgehead atoms. The van der Waals surface area contributed by atoms with Crippen LogP contribution in [0.25, 0.3) is 21.9 Å². The van der Waals surface area contributed by atoms with Crippen LogP contribution in [0.2, 0.25) is 0 Å². The molecule has 1 aliphatic heterocycles. The summed E-state index contributed by atoms with van der Waals surface area (Å²) in [5.74, 6) is 1.96.